The van der Waals surface area contributed by atoms with Crippen LogP contribution in [0.3, 0.4) is 0 Å². The first kappa shape index (κ1) is 29.0. The lowest BCUT2D eigenvalue weighted by Crippen LogP contribution is -2.30. The summed E-state index contributed by atoms with van der Waals surface area (Å²) in [5.41, 5.74) is 0.988. The zero-order valence-corrected chi connectivity index (χ0v) is 23.2. The Labute approximate surface area is 220 Å². The Morgan fingerprint density at radius 2 is 0.833 bits per heavy atom. The van der Waals surface area contributed by atoms with Crippen molar-refractivity contribution in [3.05, 3.63) is 24.3 Å². The molecule has 0 amide bonds. The molecular weight excluding hydrogens is 448 g/mol. The van der Waals surface area contributed by atoms with Gasteiger partial charge >= 0.3 is 11.9 Å². The van der Waals surface area contributed by atoms with Crippen molar-refractivity contribution in [2.24, 2.45) is 35.5 Å². The minimum Gasteiger partial charge on any atom is -0.462 e. The molecule has 36 heavy (non-hydrogen) atoms. The molecule has 0 aromatic heterocycles. The number of rotatable bonds is 12. The Balaban J connectivity index is 1.24. The monoisotopic (exact) mass is 500 g/mol. The third kappa shape index (κ3) is 9.38. The molecule has 0 N–H and O–H groups in total. The van der Waals surface area contributed by atoms with Crippen molar-refractivity contribution in [2.45, 2.75) is 117 Å². The molecule has 0 radical (unpaired) electrons. The number of esters is 2. The molecule has 0 heterocycles. The highest BCUT2D eigenvalue weighted by Gasteiger charge is 2.34. The fourth-order valence-corrected chi connectivity index (χ4v) is 7.30. The molecule has 0 bridgehead atoms. The van der Waals surface area contributed by atoms with E-state index in [1.807, 2.05) is 0 Å². The van der Waals surface area contributed by atoms with Crippen molar-refractivity contribution in [3.8, 4) is 0 Å². The first-order valence-electron chi connectivity index (χ1n) is 15.0. The molecular formula is C32H52O4. The molecule has 0 aliphatic heterocycles. The van der Waals surface area contributed by atoms with Crippen LogP contribution in [0, 0.1) is 35.5 Å². The molecule has 4 heteroatoms. The van der Waals surface area contributed by atoms with Crippen LogP contribution in [0.15, 0.2) is 24.3 Å². The smallest absolute Gasteiger partial charge is 0.333 e. The summed E-state index contributed by atoms with van der Waals surface area (Å²) in [5.74, 6) is 5.01. The van der Waals surface area contributed by atoms with E-state index in [0.717, 1.165) is 48.3 Å². The van der Waals surface area contributed by atoms with Crippen molar-refractivity contribution in [3.63, 3.8) is 0 Å². The van der Waals surface area contributed by atoms with Gasteiger partial charge in [-0.2, -0.15) is 0 Å². The quantitative estimate of drug-likeness (QED) is 0.154. The Morgan fingerprint density at radius 3 is 1.11 bits per heavy atom. The molecule has 3 aliphatic carbocycles. The van der Waals surface area contributed by atoms with E-state index in [1.165, 1.54) is 89.9 Å². The van der Waals surface area contributed by atoms with Gasteiger partial charge in [0.2, 0.25) is 0 Å². The van der Waals surface area contributed by atoms with Gasteiger partial charge in [-0.3, -0.25) is 0 Å². The first-order valence-corrected chi connectivity index (χ1v) is 15.0. The molecule has 204 valence electrons. The second-order valence-corrected chi connectivity index (χ2v) is 12.4. The maximum Gasteiger partial charge on any atom is 0.333 e. The lowest BCUT2D eigenvalue weighted by Gasteiger charge is -2.41. The summed E-state index contributed by atoms with van der Waals surface area (Å²) in [6.07, 6.45) is 21.4. The van der Waals surface area contributed by atoms with Crippen molar-refractivity contribution in [1.82, 2.24) is 0 Å². The van der Waals surface area contributed by atoms with Gasteiger partial charge in [-0.15, -0.1) is 0 Å². The molecule has 0 aromatic carbocycles. The van der Waals surface area contributed by atoms with Gasteiger partial charge in [0, 0.05) is 11.1 Å². The minimum absolute atomic E-state index is 0.249. The van der Waals surface area contributed by atoms with Crippen LogP contribution in [0.25, 0.3) is 0 Å². The average Bonchev–Trinajstić information content (AvgIpc) is 2.89. The largest absolute Gasteiger partial charge is 0.462 e. The Hall–Kier alpha value is -1.58. The third-order valence-electron chi connectivity index (χ3n) is 9.61. The van der Waals surface area contributed by atoms with Gasteiger partial charge in [-0.1, -0.05) is 38.8 Å². The predicted octanol–water partition coefficient (Wildman–Crippen LogP) is 8.20. The minimum atomic E-state index is -0.249. The van der Waals surface area contributed by atoms with Gasteiger partial charge < -0.3 is 9.47 Å². The zero-order valence-electron chi connectivity index (χ0n) is 23.2. The van der Waals surface area contributed by atoms with Gasteiger partial charge in [-0.25, -0.2) is 9.59 Å². The van der Waals surface area contributed by atoms with E-state index in [-0.39, 0.29) is 11.9 Å². The normalized spacial score (nSPS) is 30.8. The molecule has 3 rings (SSSR count). The number of ether oxygens (including phenoxy) is 2. The predicted molar refractivity (Wildman–Crippen MR) is 146 cm³/mol. The van der Waals surface area contributed by atoms with Crippen LogP contribution in [-0.2, 0) is 19.1 Å². The fourth-order valence-electron chi connectivity index (χ4n) is 7.30. The standard InChI is InChI=1S/C32H52O4/c1-23(2)31(33)35-21-5-7-25-9-13-27(14-10-25)29-17-19-30(20-18-29)28-15-11-26(12-16-28)8-6-22-36-32(34)24(3)4/h25-30H,1,3,5-22H2,2,4H3. The lowest BCUT2D eigenvalue weighted by atomic mass is 9.64. The summed E-state index contributed by atoms with van der Waals surface area (Å²) in [7, 11) is 0. The number of hydrogen-bond donors (Lipinski definition) is 0. The second kappa shape index (κ2) is 15.0. The zero-order chi connectivity index (χ0) is 25.9. The van der Waals surface area contributed by atoms with Gasteiger partial charge in [0.25, 0.3) is 0 Å². The molecule has 0 aromatic rings. The van der Waals surface area contributed by atoms with Crippen LogP contribution in [0.5, 0.6) is 0 Å². The number of carbonyl (C=O) groups excluding carboxylic acids is 2. The summed E-state index contributed by atoms with van der Waals surface area (Å²) in [4.78, 5) is 23.0. The number of carbonyl (C=O) groups is 2. The van der Waals surface area contributed by atoms with Crippen LogP contribution in [0.1, 0.15) is 117 Å². The average molecular weight is 501 g/mol. The van der Waals surface area contributed by atoms with Crippen molar-refractivity contribution in [1.29, 1.82) is 0 Å². The van der Waals surface area contributed by atoms with E-state index < -0.39 is 0 Å². The van der Waals surface area contributed by atoms with Crippen LogP contribution in [-0.4, -0.2) is 25.2 Å². The molecule has 0 atom stereocenters. The highest BCUT2D eigenvalue weighted by atomic mass is 16.5. The van der Waals surface area contributed by atoms with E-state index in [9.17, 15) is 9.59 Å². The molecule has 3 saturated carbocycles. The second-order valence-electron chi connectivity index (χ2n) is 12.4. The van der Waals surface area contributed by atoms with Gasteiger partial charge in [0.1, 0.15) is 0 Å². The van der Waals surface area contributed by atoms with E-state index in [0.29, 0.717) is 24.4 Å². The Kier molecular flexibility index (Phi) is 12.1. The summed E-state index contributed by atoms with van der Waals surface area (Å²) >= 11 is 0. The molecule has 0 unspecified atom stereocenters. The maximum absolute atomic E-state index is 11.5. The van der Waals surface area contributed by atoms with Crippen molar-refractivity contribution in [2.75, 3.05) is 13.2 Å². The van der Waals surface area contributed by atoms with Crippen LogP contribution < -0.4 is 0 Å². The van der Waals surface area contributed by atoms with Crippen LogP contribution in [0.4, 0.5) is 0 Å². The van der Waals surface area contributed by atoms with Crippen molar-refractivity contribution >= 4 is 11.9 Å². The summed E-state index contributed by atoms with van der Waals surface area (Å²) in [6.45, 7) is 11.8. The summed E-state index contributed by atoms with van der Waals surface area (Å²) in [6, 6.07) is 0. The first-order chi connectivity index (χ1) is 17.3. The summed E-state index contributed by atoms with van der Waals surface area (Å²) < 4.78 is 10.5. The Bertz CT molecular complexity index is 654. The molecule has 0 spiro atoms. The van der Waals surface area contributed by atoms with Crippen LogP contribution >= 0.6 is 0 Å². The maximum atomic E-state index is 11.5. The lowest BCUT2D eigenvalue weighted by molar-refractivity contribution is -0.140. The van der Waals surface area contributed by atoms with E-state index in [4.69, 9.17) is 9.47 Å². The molecule has 3 fully saturated rings. The third-order valence-corrected chi connectivity index (χ3v) is 9.61. The molecule has 3 aliphatic rings. The van der Waals surface area contributed by atoms with Crippen LogP contribution in [0.2, 0.25) is 0 Å². The highest BCUT2D eigenvalue weighted by molar-refractivity contribution is 5.87. The van der Waals surface area contributed by atoms with Gasteiger partial charge in [0.05, 0.1) is 13.2 Å². The van der Waals surface area contributed by atoms with E-state index in [1.54, 1.807) is 13.8 Å². The van der Waals surface area contributed by atoms with E-state index in [2.05, 4.69) is 13.2 Å². The molecule has 4 nitrogen and oxygen atoms in total. The topological polar surface area (TPSA) is 52.6 Å². The SMILES string of the molecule is C=C(C)C(=O)OCCCC1CCC(C2CCC(C3CCC(CCCOC(=O)C(=C)C)CC3)CC2)CC1. The van der Waals surface area contributed by atoms with E-state index >= 15 is 0 Å². The van der Waals surface area contributed by atoms with Gasteiger partial charge in [-0.05, 0) is 126 Å². The molecule has 0 saturated heterocycles. The van der Waals surface area contributed by atoms with Gasteiger partial charge in [0.15, 0.2) is 0 Å². The number of hydrogen-bond acceptors (Lipinski definition) is 4. The highest BCUT2D eigenvalue weighted by Crippen LogP contribution is 2.46. The van der Waals surface area contributed by atoms with Crippen molar-refractivity contribution < 1.29 is 19.1 Å². The summed E-state index contributed by atoms with van der Waals surface area (Å²) in [5, 5.41) is 0. The Morgan fingerprint density at radius 1 is 0.556 bits per heavy atom. The fraction of sp³-hybridized carbons (Fsp3) is 0.812.